The maximum atomic E-state index is 15.1. The molecule has 5 rings (SSSR count). The molecule has 3 N–H and O–H groups in total. The predicted molar refractivity (Wildman–Crippen MR) is 137 cm³/mol. The number of carbonyl (C=O) groups excluding carboxylic acids is 1. The Kier molecular flexibility index (Phi) is 7.13. The lowest BCUT2D eigenvalue weighted by Crippen LogP contribution is -2.19. The van der Waals surface area contributed by atoms with Gasteiger partial charge in [0.05, 0.1) is 11.3 Å². The third kappa shape index (κ3) is 5.45. The van der Waals surface area contributed by atoms with Gasteiger partial charge in [-0.2, -0.15) is 18.3 Å². The lowest BCUT2D eigenvalue weighted by molar-refractivity contribution is -0.137. The Balaban J connectivity index is 1.58. The molecule has 0 fully saturated rings. The molecule has 2 aromatic carbocycles. The first-order chi connectivity index (χ1) is 19.1. The van der Waals surface area contributed by atoms with Crippen molar-refractivity contribution in [3.05, 3.63) is 95.7 Å². The summed E-state index contributed by atoms with van der Waals surface area (Å²) in [4.78, 5) is 23.4. The van der Waals surface area contributed by atoms with Crippen LogP contribution in [0.25, 0.3) is 28.1 Å². The largest absolute Gasteiger partial charge is 0.417 e. The maximum absolute atomic E-state index is 15.1. The molecule has 0 saturated carbocycles. The number of amides is 1. The number of hydrogen-bond donors (Lipinski definition) is 3. The SMILES string of the molecule is CC(=O)NCc1cccc(-n2nc3cccnc3c2NC(O)c2cc(-c3ncccn3)c(C(F)(F)F)cc2F)c1. The van der Waals surface area contributed by atoms with Gasteiger partial charge in [-0.05, 0) is 48.0 Å². The summed E-state index contributed by atoms with van der Waals surface area (Å²) in [6.07, 6.45) is -2.68. The molecule has 3 heterocycles. The van der Waals surface area contributed by atoms with E-state index < -0.39 is 34.9 Å². The van der Waals surface area contributed by atoms with E-state index in [1.807, 2.05) is 0 Å². The summed E-state index contributed by atoms with van der Waals surface area (Å²) in [5.74, 6) is -1.61. The van der Waals surface area contributed by atoms with Crippen LogP contribution >= 0.6 is 0 Å². The van der Waals surface area contributed by atoms with Crippen LogP contribution in [0.2, 0.25) is 0 Å². The zero-order valence-corrected chi connectivity index (χ0v) is 20.8. The van der Waals surface area contributed by atoms with E-state index in [-0.39, 0.29) is 24.1 Å². The van der Waals surface area contributed by atoms with Gasteiger partial charge in [0.25, 0.3) is 0 Å². The number of benzene rings is 2. The number of hydrogen-bond acceptors (Lipinski definition) is 7. The molecule has 1 unspecified atom stereocenters. The Bertz CT molecular complexity index is 1690. The number of fused-ring (bicyclic) bond motifs is 1. The number of aliphatic hydroxyl groups is 1. The van der Waals surface area contributed by atoms with Gasteiger partial charge < -0.3 is 15.7 Å². The molecule has 13 heteroatoms. The Morgan fingerprint density at radius 2 is 1.77 bits per heavy atom. The average molecular weight is 552 g/mol. The number of rotatable bonds is 7. The van der Waals surface area contributed by atoms with Crippen molar-refractivity contribution in [1.82, 2.24) is 30.0 Å². The van der Waals surface area contributed by atoms with Crippen molar-refractivity contribution in [2.45, 2.75) is 25.9 Å². The number of nitrogens with one attached hydrogen (secondary N) is 2. The third-order valence-corrected chi connectivity index (χ3v) is 5.94. The zero-order valence-electron chi connectivity index (χ0n) is 20.8. The number of anilines is 1. The zero-order chi connectivity index (χ0) is 28.4. The molecular formula is C27H21F4N7O2. The van der Waals surface area contributed by atoms with Crippen molar-refractivity contribution in [2.24, 2.45) is 0 Å². The minimum Gasteiger partial charge on any atom is -0.369 e. The van der Waals surface area contributed by atoms with Crippen LogP contribution in [0.5, 0.6) is 0 Å². The fourth-order valence-electron chi connectivity index (χ4n) is 4.12. The number of carbonyl (C=O) groups is 1. The molecule has 1 atom stereocenters. The molecule has 0 aliphatic carbocycles. The highest BCUT2D eigenvalue weighted by Gasteiger charge is 2.36. The molecule has 0 aliphatic heterocycles. The average Bonchev–Trinajstić information content (AvgIpc) is 3.30. The molecule has 0 aliphatic rings. The summed E-state index contributed by atoms with van der Waals surface area (Å²) in [5, 5.41) is 21.1. The van der Waals surface area contributed by atoms with Crippen LogP contribution in [-0.4, -0.2) is 35.7 Å². The highest BCUT2D eigenvalue weighted by Crippen LogP contribution is 2.39. The Hall–Kier alpha value is -4.91. The first kappa shape index (κ1) is 26.7. The molecule has 0 spiro atoms. The quantitative estimate of drug-likeness (QED) is 0.197. The Morgan fingerprint density at radius 3 is 2.50 bits per heavy atom. The van der Waals surface area contributed by atoms with Crippen molar-refractivity contribution in [3.8, 4) is 17.1 Å². The van der Waals surface area contributed by atoms with E-state index >= 15 is 4.39 Å². The van der Waals surface area contributed by atoms with Gasteiger partial charge in [-0.15, -0.1) is 0 Å². The molecule has 3 aromatic heterocycles. The van der Waals surface area contributed by atoms with Crippen LogP contribution in [0.1, 0.15) is 29.8 Å². The van der Waals surface area contributed by atoms with Crippen molar-refractivity contribution in [3.63, 3.8) is 0 Å². The standard InChI is InChI=1S/C27H21F4N7O2/c1-15(39)35-14-16-5-2-6-17(11-16)38-25(23-22(37-38)7-3-8-32-23)36-26(40)19-12-18(24-33-9-4-10-34-24)20(13-21(19)28)27(29,30)31/h2-13,26,36,40H,14H2,1H3,(H,35,39). The highest BCUT2D eigenvalue weighted by molar-refractivity contribution is 5.87. The van der Waals surface area contributed by atoms with Crippen LogP contribution in [-0.2, 0) is 17.5 Å². The lowest BCUT2D eigenvalue weighted by atomic mass is 10.0. The second-order valence-corrected chi connectivity index (χ2v) is 8.75. The topological polar surface area (TPSA) is 118 Å². The Labute approximate surface area is 224 Å². The molecule has 0 radical (unpaired) electrons. The number of aromatic nitrogens is 5. The summed E-state index contributed by atoms with van der Waals surface area (Å²) in [7, 11) is 0. The molecule has 5 aromatic rings. The van der Waals surface area contributed by atoms with Crippen LogP contribution in [0.15, 0.2) is 73.2 Å². The first-order valence-corrected chi connectivity index (χ1v) is 11.9. The monoisotopic (exact) mass is 551 g/mol. The second-order valence-electron chi connectivity index (χ2n) is 8.75. The fraction of sp³-hybridized carbons (Fsp3) is 0.148. The molecule has 204 valence electrons. The van der Waals surface area contributed by atoms with E-state index in [4.69, 9.17) is 0 Å². The summed E-state index contributed by atoms with van der Waals surface area (Å²) in [6.45, 7) is 1.66. The van der Waals surface area contributed by atoms with Crippen LogP contribution < -0.4 is 10.6 Å². The summed E-state index contributed by atoms with van der Waals surface area (Å²) in [6, 6.07) is 13.0. The lowest BCUT2D eigenvalue weighted by Gasteiger charge is -2.20. The van der Waals surface area contributed by atoms with Gasteiger partial charge in [-0.25, -0.2) is 19.0 Å². The van der Waals surface area contributed by atoms with Crippen LogP contribution in [0.4, 0.5) is 23.4 Å². The third-order valence-electron chi connectivity index (χ3n) is 5.94. The minimum atomic E-state index is -4.90. The summed E-state index contributed by atoms with van der Waals surface area (Å²) >= 11 is 0. The van der Waals surface area contributed by atoms with Crippen molar-refractivity contribution in [1.29, 1.82) is 0 Å². The summed E-state index contributed by atoms with van der Waals surface area (Å²) in [5.41, 5.74) is -0.183. The molecule has 40 heavy (non-hydrogen) atoms. The van der Waals surface area contributed by atoms with Gasteiger partial charge in [0, 0.05) is 43.2 Å². The van der Waals surface area contributed by atoms with Crippen LogP contribution in [0, 0.1) is 5.82 Å². The highest BCUT2D eigenvalue weighted by atomic mass is 19.4. The normalized spacial score (nSPS) is 12.3. The molecule has 0 saturated heterocycles. The first-order valence-electron chi connectivity index (χ1n) is 11.9. The molecular weight excluding hydrogens is 530 g/mol. The van der Waals surface area contributed by atoms with E-state index in [1.165, 1.54) is 36.3 Å². The number of alkyl halides is 3. The molecule has 1 amide bonds. The molecule has 0 bridgehead atoms. The predicted octanol–water partition coefficient (Wildman–Crippen LogP) is 4.77. The van der Waals surface area contributed by atoms with Gasteiger partial charge >= 0.3 is 6.18 Å². The van der Waals surface area contributed by atoms with E-state index in [0.717, 1.165) is 11.6 Å². The number of halogens is 4. The Morgan fingerprint density at radius 1 is 1.02 bits per heavy atom. The van der Waals surface area contributed by atoms with Crippen molar-refractivity contribution >= 4 is 22.8 Å². The number of aliphatic hydroxyl groups excluding tert-OH is 1. The van der Waals surface area contributed by atoms with Crippen LogP contribution in [0.3, 0.4) is 0 Å². The van der Waals surface area contributed by atoms with Gasteiger partial charge in [0.1, 0.15) is 16.9 Å². The van der Waals surface area contributed by atoms with E-state index in [9.17, 15) is 23.1 Å². The number of pyridine rings is 1. The number of nitrogens with zero attached hydrogens (tertiary/aromatic N) is 5. The maximum Gasteiger partial charge on any atom is 0.417 e. The van der Waals surface area contributed by atoms with E-state index in [1.54, 1.807) is 36.4 Å². The van der Waals surface area contributed by atoms with E-state index in [0.29, 0.717) is 22.8 Å². The molecule has 9 nitrogen and oxygen atoms in total. The van der Waals surface area contributed by atoms with Gasteiger partial charge in [-0.1, -0.05) is 12.1 Å². The van der Waals surface area contributed by atoms with Gasteiger partial charge in [-0.3, -0.25) is 9.78 Å². The van der Waals surface area contributed by atoms with Gasteiger partial charge in [0.2, 0.25) is 5.91 Å². The van der Waals surface area contributed by atoms with Gasteiger partial charge in [0.15, 0.2) is 17.9 Å². The fourth-order valence-corrected chi connectivity index (χ4v) is 4.12. The smallest absolute Gasteiger partial charge is 0.369 e. The minimum absolute atomic E-state index is 0.164. The van der Waals surface area contributed by atoms with Crippen molar-refractivity contribution in [2.75, 3.05) is 5.32 Å². The van der Waals surface area contributed by atoms with E-state index in [2.05, 4.69) is 30.7 Å². The second kappa shape index (κ2) is 10.7. The summed E-state index contributed by atoms with van der Waals surface area (Å²) < 4.78 is 57.8. The van der Waals surface area contributed by atoms with Crippen molar-refractivity contribution < 1.29 is 27.5 Å².